The van der Waals surface area contributed by atoms with Crippen LogP contribution in [-0.4, -0.2) is 56.5 Å². The molecule has 6 rings (SSSR count). The molecule has 0 bridgehead atoms. The van der Waals surface area contributed by atoms with E-state index in [1.54, 1.807) is 17.3 Å². The van der Waals surface area contributed by atoms with Gasteiger partial charge in [-0.1, -0.05) is 43.2 Å². The van der Waals surface area contributed by atoms with Gasteiger partial charge < -0.3 is 19.7 Å². The fourth-order valence-corrected chi connectivity index (χ4v) is 6.49. The molecule has 9 nitrogen and oxygen atoms in total. The number of aryl methyl sites for hydroxylation is 1. The van der Waals surface area contributed by atoms with Crippen LogP contribution in [0.3, 0.4) is 0 Å². The number of piperidine rings is 1. The van der Waals surface area contributed by atoms with Crippen molar-refractivity contribution >= 4 is 28.6 Å². The van der Waals surface area contributed by atoms with Gasteiger partial charge >= 0.3 is 6.09 Å². The van der Waals surface area contributed by atoms with Gasteiger partial charge in [0.25, 0.3) is 0 Å². The summed E-state index contributed by atoms with van der Waals surface area (Å²) in [4.78, 5) is 41.4. The Bertz CT molecular complexity index is 1730. The predicted molar refractivity (Wildman–Crippen MR) is 179 cm³/mol. The van der Waals surface area contributed by atoms with Crippen molar-refractivity contribution in [1.82, 2.24) is 19.9 Å². The van der Waals surface area contributed by atoms with Gasteiger partial charge in [0.05, 0.1) is 11.3 Å². The number of Topliss-reactive ketones (excluding diaryl/α,β-unsaturated/α-hetero) is 1. The van der Waals surface area contributed by atoms with Crippen molar-refractivity contribution in [3.05, 3.63) is 72.1 Å². The zero-order valence-corrected chi connectivity index (χ0v) is 27.2. The van der Waals surface area contributed by atoms with Gasteiger partial charge in [0.15, 0.2) is 0 Å². The quantitative estimate of drug-likeness (QED) is 0.212. The smallest absolute Gasteiger partial charge is 0.410 e. The number of hydrogen-bond donors (Lipinski definition) is 1. The van der Waals surface area contributed by atoms with Crippen molar-refractivity contribution < 1.29 is 19.1 Å². The number of likely N-dealkylation sites (tertiary alicyclic amines) is 1. The normalized spacial score (nSPS) is 17.2. The molecule has 46 heavy (non-hydrogen) atoms. The maximum Gasteiger partial charge on any atom is 0.410 e. The fourth-order valence-electron chi connectivity index (χ4n) is 6.49. The van der Waals surface area contributed by atoms with E-state index >= 15 is 0 Å². The number of rotatable bonds is 8. The molecule has 1 saturated heterocycles. The summed E-state index contributed by atoms with van der Waals surface area (Å²) in [6.07, 6.45) is 9.61. The Morgan fingerprint density at radius 2 is 1.76 bits per heavy atom. The molecule has 1 aliphatic heterocycles. The Morgan fingerprint density at radius 3 is 2.57 bits per heavy atom. The van der Waals surface area contributed by atoms with Gasteiger partial charge in [0, 0.05) is 49.2 Å². The van der Waals surface area contributed by atoms with Crippen molar-refractivity contribution in [3.8, 4) is 22.9 Å². The van der Waals surface area contributed by atoms with Gasteiger partial charge in [-0.3, -0.25) is 4.79 Å². The third-order valence-electron chi connectivity index (χ3n) is 8.78. The van der Waals surface area contributed by atoms with Crippen molar-refractivity contribution in [3.63, 3.8) is 0 Å². The van der Waals surface area contributed by atoms with Crippen LogP contribution in [0.1, 0.15) is 70.4 Å². The van der Waals surface area contributed by atoms with E-state index in [4.69, 9.17) is 14.5 Å². The molecule has 2 aromatic carbocycles. The Morgan fingerprint density at radius 1 is 0.935 bits per heavy atom. The molecule has 240 valence electrons. The second-order valence-corrected chi connectivity index (χ2v) is 13.5. The van der Waals surface area contributed by atoms with Crippen molar-refractivity contribution in [2.24, 2.45) is 5.92 Å². The second-order valence-electron chi connectivity index (χ2n) is 13.5. The lowest BCUT2D eigenvalue weighted by molar-refractivity contribution is -0.122. The molecular weight excluding hydrogens is 578 g/mol. The molecule has 1 saturated carbocycles. The number of fused-ring (bicyclic) bond motifs is 1. The molecular formula is C37H43N5O4. The number of hydrogen-bond acceptors (Lipinski definition) is 8. The van der Waals surface area contributed by atoms with E-state index in [0.29, 0.717) is 48.6 Å². The second kappa shape index (κ2) is 13.4. The highest BCUT2D eigenvalue weighted by Gasteiger charge is 2.28. The fraction of sp³-hybridized carbons (Fsp3) is 0.432. The lowest BCUT2D eigenvalue weighted by atomic mass is 9.93. The van der Waals surface area contributed by atoms with Crippen LogP contribution in [0.25, 0.3) is 22.0 Å². The van der Waals surface area contributed by atoms with E-state index in [1.165, 1.54) is 0 Å². The number of ether oxygens (including phenoxy) is 2. The highest BCUT2D eigenvalue weighted by molar-refractivity contribution is 5.95. The number of amides is 1. The summed E-state index contributed by atoms with van der Waals surface area (Å²) in [5.74, 6) is 2.13. The summed E-state index contributed by atoms with van der Waals surface area (Å²) in [5.41, 5.74) is 2.86. The average molecular weight is 622 g/mol. The summed E-state index contributed by atoms with van der Waals surface area (Å²) >= 11 is 0. The van der Waals surface area contributed by atoms with E-state index in [0.717, 1.165) is 66.0 Å². The topological polar surface area (TPSA) is 107 Å². The molecule has 1 atom stereocenters. The van der Waals surface area contributed by atoms with Crippen LogP contribution in [0.5, 0.6) is 11.6 Å². The van der Waals surface area contributed by atoms with Gasteiger partial charge in [-0.25, -0.2) is 19.7 Å². The first kappa shape index (κ1) is 31.5. The number of anilines is 1. The molecule has 3 heterocycles. The molecule has 4 aromatic rings. The van der Waals surface area contributed by atoms with Crippen LogP contribution in [0.15, 0.2) is 60.9 Å². The summed E-state index contributed by atoms with van der Waals surface area (Å²) < 4.78 is 12.2. The summed E-state index contributed by atoms with van der Waals surface area (Å²) in [6.45, 7) is 8.82. The summed E-state index contributed by atoms with van der Waals surface area (Å²) in [7, 11) is 0. The Balaban J connectivity index is 1.23. The van der Waals surface area contributed by atoms with Crippen LogP contribution in [0, 0.1) is 12.8 Å². The number of pyridine rings is 1. The minimum atomic E-state index is -0.542. The van der Waals surface area contributed by atoms with E-state index in [1.807, 2.05) is 64.1 Å². The summed E-state index contributed by atoms with van der Waals surface area (Å²) in [5, 5.41) is 5.39. The Kier molecular flexibility index (Phi) is 9.20. The SMILES string of the molecule is Cc1ccc2c(CC(=O)C3CCCC3)cccc2c1Oc1ncccc1-c1ccnc(N[C@H]2CCCN(C(=O)OC(C)(C)C)C2)n1. The first-order valence-electron chi connectivity index (χ1n) is 16.4. The van der Waals surface area contributed by atoms with E-state index in [2.05, 4.69) is 27.4 Å². The predicted octanol–water partition coefficient (Wildman–Crippen LogP) is 7.91. The first-order chi connectivity index (χ1) is 22.1. The van der Waals surface area contributed by atoms with Crippen molar-refractivity contribution in [1.29, 1.82) is 0 Å². The maximum absolute atomic E-state index is 13.1. The number of benzene rings is 2. The van der Waals surface area contributed by atoms with Gasteiger partial charge in [-0.05, 0) is 88.1 Å². The van der Waals surface area contributed by atoms with E-state index < -0.39 is 5.60 Å². The van der Waals surface area contributed by atoms with Crippen LogP contribution < -0.4 is 10.1 Å². The Labute approximate surface area is 270 Å². The molecule has 1 aliphatic carbocycles. The lowest BCUT2D eigenvalue weighted by Crippen LogP contribution is -2.47. The average Bonchev–Trinajstić information content (AvgIpc) is 3.58. The molecule has 1 N–H and O–H groups in total. The zero-order chi connectivity index (χ0) is 32.3. The van der Waals surface area contributed by atoms with Gasteiger partial charge in [-0.15, -0.1) is 0 Å². The molecule has 2 aromatic heterocycles. The van der Waals surface area contributed by atoms with Crippen molar-refractivity contribution in [2.45, 2.75) is 84.3 Å². The van der Waals surface area contributed by atoms with E-state index in [-0.39, 0.29) is 18.1 Å². The number of carbonyl (C=O) groups excluding carboxylic acids is 2. The number of nitrogens with one attached hydrogen (secondary N) is 1. The number of nitrogens with zero attached hydrogens (tertiary/aromatic N) is 4. The molecule has 0 radical (unpaired) electrons. The lowest BCUT2D eigenvalue weighted by Gasteiger charge is -2.34. The maximum atomic E-state index is 13.1. The van der Waals surface area contributed by atoms with E-state index in [9.17, 15) is 9.59 Å². The molecule has 2 fully saturated rings. The number of carbonyl (C=O) groups is 2. The third kappa shape index (κ3) is 7.30. The van der Waals surface area contributed by atoms with Crippen LogP contribution in [-0.2, 0) is 16.0 Å². The van der Waals surface area contributed by atoms with Gasteiger partial charge in [0.1, 0.15) is 17.1 Å². The number of ketones is 1. The van der Waals surface area contributed by atoms with Gasteiger partial charge in [0.2, 0.25) is 11.8 Å². The molecule has 2 aliphatic rings. The van der Waals surface area contributed by atoms with Crippen LogP contribution in [0.2, 0.25) is 0 Å². The first-order valence-corrected chi connectivity index (χ1v) is 16.4. The molecule has 9 heteroatoms. The molecule has 0 unspecified atom stereocenters. The minimum Gasteiger partial charge on any atom is -0.444 e. The zero-order valence-electron chi connectivity index (χ0n) is 27.2. The Hall–Kier alpha value is -4.53. The molecule has 0 spiro atoms. The van der Waals surface area contributed by atoms with Crippen molar-refractivity contribution in [2.75, 3.05) is 18.4 Å². The minimum absolute atomic E-state index is 0.00536. The van der Waals surface area contributed by atoms with Crippen LogP contribution in [0.4, 0.5) is 10.7 Å². The summed E-state index contributed by atoms with van der Waals surface area (Å²) in [6, 6.07) is 15.9. The molecule has 1 amide bonds. The highest BCUT2D eigenvalue weighted by Crippen LogP contribution is 2.38. The standard InChI is InChI=1S/C37H43N5O4/c1-24-16-17-28-26(22-32(43)25-10-5-6-11-25)12-7-14-29(28)33(24)45-34-30(15-8-19-38-34)31-18-20-39-35(41-31)40-27-13-9-21-42(23-27)36(44)46-37(2,3)4/h7-8,12,14-20,25,27H,5-6,9-11,13,21-23H2,1-4H3,(H,39,40,41)/t27-/m0/s1. The largest absolute Gasteiger partial charge is 0.444 e. The highest BCUT2D eigenvalue weighted by atomic mass is 16.6. The van der Waals surface area contributed by atoms with Gasteiger partial charge in [-0.2, -0.15) is 0 Å². The third-order valence-corrected chi connectivity index (χ3v) is 8.78. The number of aromatic nitrogens is 3. The monoisotopic (exact) mass is 621 g/mol. The van der Waals surface area contributed by atoms with Crippen LogP contribution >= 0.6 is 0 Å².